The molecule has 0 N–H and O–H groups in total. The minimum absolute atomic E-state index is 0. The van der Waals surface area contributed by atoms with E-state index in [9.17, 15) is 4.79 Å². The van der Waals surface area contributed by atoms with Crippen molar-refractivity contribution in [1.29, 1.82) is 0 Å². The molecule has 0 spiro atoms. The molecular formula is C23H27BrN2O2. The Bertz CT molecular complexity index is 940. The molecule has 3 aromatic carbocycles. The van der Waals surface area contributed by atoms with Gasteiger partial charge in [0.05, 0.1) is 19.7 Å². The van der Waals surface area contributed by atoms with Gasteiger partial charge in [-0.05, 0) is 16.8 Å². The van der Waals surface area contributed by atoms with Crippen LogP contribution in [0.4, 0.5) is 4.79 Å². The van der Waals surface area contributed by atoms with Crippen LogP contribution in [0, 0.1) is 0 Å². The van der Waals surface area contributed by atoms with E-state index in [-0.39, 0.29) is 23.1 Å². The zero-order chi connectivity index (χ0) is 19.4. The summed E-state index contributed by atoms with van der Waals surface area (Å²) in [5.41, 5.74) is 2.35. The first-order valence-electron chi connectivity index (χ1n) is 9.11. The molecule has 0 atom stereocenters. The highest BCUT2D eigenvalue weighted by molar-refractivity contribution is 5.88. The fourth-order valence-electron chi connectivity index (χ4n) is 3.32. The molecule has 3 aromatic rings. The second kappa shape index (κ2) is 9.22. The van der Waals surface area contributed by atoms with Gasteiger partial charge in [0.15, 0.2) is 0 Å². The van der Waals surface area contributed by atoms with Crippen LogP contribution in [0.15, 0.2) is 66.7 Å². The number of carbonyl (C=O) groups excluding carboxylic acids is 1. The second-order valence-electron chi connectivity index (χ2n) is 7.76. The maximum absolute atomic E-state index is 12.2. The molecule has 3 rings (SSSR count). The van der Waals surface area contributed by atoms with E-state index in [1.165, 1.54) is 10.5 Å². The van der Waals surface area contributed by atoms with E-state index in [1.807, 2.05) is 30.3 Å². The van der Waals surface area contributed by atoms with Gasteiger partial charge in [-0.25, -0.2) is 4.79 Å². The largest absolute Gasteiger partial charge is 1.00 e. The van der Waals surface area contributed by atoms with Crippen LogP contribution in [0.1, 0.15) is 11.1 Å². The fraction of sp³-hybridized carbons (Fsp3) is 0.261. The number of hydrogen-bond donors (Lipinski definition) is 0. The number of ether oxygens (including phenoxy) is 1. The van der Waals surface area contributed by atoms with E-state index >= 15 is 0 Å². The number of benzene rings is 3. The van der Waals surface area contributed by atoms with Crippen LogP contribution in [-0.2, 0) is 13.1 Å². The van der Waals surface area contributed by atoms with Crippen LogP contribution in [-0.4, -0.2) is 43.7 Å². The highest BCUT2D eigenvalue weighted by Gasteiger charge is 2.23. The smallest absolute Gasteiger partial charge is 0.414 e. The normalized spacial score (nSPS) is 11.0. The lowest BCUT2D eigenvalue weighted by molar-refractivity contribution is -0.916. The molecule has 0 bridgehead atoms. The molecule has 0 aliphatic carbocycles. The molecule has 0 aromatic heterocycles. The molecule has 0 aliphatic rings. The van der Waals surface area contributed by atoms with Gasteiger partial charge in [-0.15, -0.1) is 0 Å². The van der Waals surface area contributed by atoms with E-state index in [4.69, 9.17) is 4.74 Å². The minimum atomic E-state index is -0.361. The molecule has 0 saturated heterocycles. The summed E-state index contributed by atoms with van der Waals surface area (Å²) in [5, 5.41) is 2.28. The van der Waals surface area contributed by atoms with Crippen molar-refractivity contribution in [2.24, 2.45) is 0 Å². The van der Waals surface area contributed by atoms with Crippen molar-refractivity contribution in [2.45, 2.75) is 13.1 Å². The minimum Gasteiger partial charge on any atom is -1.00 e. The van der Waals surface area contributed by atoms with Gasteiger partial charge in [-0.2, -0.15) is 0 Å². The lowest BCUT2D eigenvalue weighted by atomic mass is 10.0. The Morgan fingerprint density at radius 2 is 1.54 bits per heavy atom. The van der Waals surface area contributed by atoms with E-state index in [1.54, 1.807) is 14.1 Å². The van der Waals surface area contributed by atoms with Crippen LogP contribution in [0.3, 0.4) is 0 Å². The first-order valence-corrected chi connectivity index (χ1v) is 9.11. The summed E-state index contributed by atoms with van der Waals surface area (Å²) in [6, 6.07) is 22.6. The highest BCUT2D eigenvalue weighted by Crippen LogP contribution is 2.31. The molecule has 28 heavy (non-hydrogen) atoms. The first kappa shape index (κ1) is 21.9. The standard InChI is InChI=1S/C23H27N2O2.BrH/c1-24(2)23(26)27-22-15-14-19-12-8-9-13-20(19)21(22)17-25(3,4)16-18-10-6-5-7-11-18;/h5-15H,16-17H2,1-4H3;1H/q+1;/p-1. The van der Waals surface area contributed by atoms with Crippen LogP contribution in [0.5, 0.6) is 5.75 Å². The number of halogens is 1. The van der Waals surface area contributed by atoms with Crippen LogP contribution < -0.4 is 21.7 Å². The zero-order valence-electron chi connectivity index (χ0n) is 16.9. The molecule has 0 aliphatic heterocycles. The van der Waals surface area contributed by atoms with Crippen molar-refractivity contribution < 1.29 is 31.0 Å². The lowest BCUT2D eigenvalue weighted by Crippen LogP contribution is -3.00. The van der Waals surface area contributed by atoms with E-state index in [0.717, 1.165) is 33.9 Å². The second-order valence-corrected chi connectivity index (χ2v) is 7.76. The monoisotopic (exact) mass is 442 g/mol. The third-order valence-electron chi connectivity index (χ3n) is 4.60. The molecule has 148 valence electrons. The molecule has 0 radical (unpaired) electrons. The fourth-order valence-corrected chi connectivity index (χ4v) is 3.32. The summed E-state index contributed by atoms with van der Waals surface area (Å²) < 4.78 is 6.44. The van der Waals surface area contributed by atoms with Gasteiger partial charge in [-0.1, -0.05) is 60.7 Å². The number of quaternary nitrogens is 1. The summed E-state index contributed by atoms with van der Waals surface area (Å²) >= 11 is 0. The molecule has 4 nitrogen and oxygen atoms in total. The highest BCUT2D eigenvalue weighted by atomic mass is 79.9. The first-order chi connectivity index (χ1) is 12.9. The van der Waals surface area contributed by atoms with E-state index in [2.05, 4.69) is 50.5 Å². The Kier molecular flexibility index (Phi) is 7.22. The molecule has 0 unspecified atom stereocenters. The molecule has 0 saturated carbocycles. The van der Waals surface area contributed by atoms with Crippen molar-refractivity contribution in [3.05, 3.63) is 77.9 Å². The van der Waals surface area contributed by atoms with Crippen molar-refractivity contribution in [3.63, 3.8) is 0 Å². The Labute approximate surface area is 177 Å². The molecular weight excluding hydrogens is 416 g/mol. The molecule has 5 heteroatoms. The summed E-state index contributed by atoms with van der Waals surface area (Å²) in [5.74, 6) is 0.631. The zero-order valence-corrected chi connectivity index (χ0v) is 18.4. The lowest BCUT2D eigenvalue weighted by Gasteiger charge is -2.31. The van der Waals surface area contributed by atoms with Gasteiger partial charge in [0.1, 0.15) is 18.8 Å². The van der Waals surface area contributed by atoms with E-state index < -0.39 is 0 Å². The van der Waals surface area contributed by atoms with Crippen molar-refractivity contribution in [3.8, 4) is 5.75 Å². The predicted octanol–water partition coefficient (Wildman–Crippen LogP) is 1.68. The van der Waals surface area contributed by atoms with Gasteiger partial charge in [0.2, 0.25) is 0 Å². The van der Waals surface area contributed by atoms with Gasteiger partial charge >= 0.3 is 6.09 Å². The van der Waals surface area contributed by atoms with Gasteiger partial charge in [-0.3, -0.25) is 0 Å². The summed E-state index contributed by atoms with van der Waals surface area (Å²) in [7, 11) is 7.79. The molecule has 0 heterocycles. The van der Waals surface area contributed by atoms with Crippen molar-refractivity contribution in [1.82, 2.24) is 4.90 Å². The number of hydrogen-bond acceptors (Lipinski definition) is 2. The Morgan fingerprint density at radius 1 is 0.893 bits per heavy atom. The summed E-state index contributed by atoms with van der Waals surface area (Å²) in [4.78, 5) is 13.6. The number of rotatable bonds is 5. The van der Waals surface area contributed by atoms with Gasteiger partial charge in [0, 0.05) is 19.7 Å². The molecule has 0 fully saturated rings. The Hall–Kier alpha value is -2.37. The topological polar surface area (TPSA) is 29.5 Å². The Morgan fingerprint density at radius 3 is 2.21 bits per heavy atom. The van der Waals surface area contributed by atoms with Gasteiger partial charge < -0.3 is 31.1 Å². The maximum Gasteiger partial charge on any atom is 0.414 e. The van der Waals surface area contributed by atoms with Crippen LogP contribution in [0.25, 0.3) is 10.8 Å². The number of nitrogens with zero attached hydrogens (tertiary/aromatic N) is 2. The number of fused-ring (bicyclic) bond motifs is 1. The van der Waals surface area contributed by atoms with Crippen LogP contribution >= 0.6 is 0 Å². The van der Waals surface area contributed by atoms with Crippen LogP contribution in [0.2, 0.25) is 0 Å². The summed E-state index contributed by atoms with van der Waals surface area (Å²) in [6.07, 6.45) is -0.361. The van der Waals surface area contributed by atoms with Crippen molar-refractivity contribution >= 4 is 16.9 Å². The molecule has 1 amide bonds. The summed E-state index contributed by atoms with van der Waals surface area (Å²) in [6.45, 7) is 1.65. The maximum atomic E-state index is 12.2. The van der Waals surface area contributed by atoms with Gasteiger partial charge in [0.25, 0.3) is 0 Å². The SMILES string of the molecule is CN(C)C(=O)Oc1ccc2ccccc2c1C[N+](C)(C)Cc1ccccc1.[Br-]. The Balaban J connectivity index is 0.00000280. The number of carbonyl (C=O) groups is 1. The quantitative estimate of drug-likeness (QED) is 0.562. The predicted molar refractivity (Wildman–Crippen MR) is 110 cm³/mol. The number of amides is 1. The average Bonchev–Trinajstić information content (AvgIpc) is 2.63. The third kappa shape index (κ3) is 5.33. The average molecular weight is 443 g/mol. The van der Waals surface area contributed by atoms with E-state index in [0.29, 0.717) is 5.75 Å². The third-order valence-corrected chi connectivity index (χ3v) is 4.60. The van der Waals surface area contributed by atoms with Crippen molar-refractivity contribution in [2.75, 3.05) is 28.2 Å².